The Morgan fingerprint density at radius 3 is 2.15 bits per heavy atom. The number of halogens is 2. The first-order valence-corrected chi connectivity index (χ1v) is 8.63. The molecule has 0 atom stereocenters. The van der Waals surface area contributed by atoms with Gasteiger partial charge in [0.25, 0.3) is 0 Å². The Bertz CT molecular complexity index is 1030. The largest absolute Gasteiger partial charge is 0.205 e. The summed E-state index contributed by atoms with van der Waals surface area (Å²) < 4.78 is 28.1. The Labute approximate surface area is 155 Å². The Balaban J connectivity index is 1.93. The monoisotopic (exact) mass is 361 g/mol. The van der Waals surface area contributed by atoms with E-state index in [4.69, 9.17) is 5.26 Å². The molecule has 0 fully saturated rings. The van der Waals surface area contributed by atoms with Gasteiger partial charge in [0, 0.05) is 10.5 Å². The maximum absolute atomic E-state index is 14.1. The molecule has 126 valence electrons. The van der Waals surface area contributed by atoms with Gasteiger partial charge in [0.1, 0.15) is 17.0 Å². The van der Waals surface area contributed by atoms with E-state index in [2.05, 4.69) is 11.8 Å². The zero-order valence-corrected chi connectivity index (χ0v) is 14.7. The van der Waals surface area contributed by atoms with Crippen molar-refractivity contribution in [1.82, 2.24) is 0 Å². The first kappa shape index (κ1) is 17.7. The molecule has 0 aliphatic rings. The molecule has 0 aliphatic heterocycles. The van der Waals surface area contributed by atoms with E-state index in [1.54, 1.807) is 5.40 Å². The summed E-state index contributed by atoms with van der Waals surface area (Å²) in [4.78, 5) is 0.219. The summed E-state index contributed by atoms with van der Waals surface area (Å²) in [7, 11) is 0. The SMILES string of the molecule is Cc1cc(-c2ccccc2)ccc1C#Cc1c(F)cc(SC#N)cc1F. The number of thioether (sulfide) groups is 1. The third-order valence-electron chi connectivity index (χ3n) is 3.83. The zero-order chi connectivity index (χ0) is 18.5. The van der Waals surface area contributed by atoms with Crippen LogP contribution in [0.1, 0.15) is 16.7 Å². The molecular weight excluding hydrogens is 348 g/mol. The molecule has 3 aromatic carbocycles. The Kier molecular flexibility index (Phi) is 5.37. The van der Waals surface area contributed by atoms with E-state index in [1.807, 2.05) is 55.5 Å². The molecule has 26 heavy (non-hydrogen) atoms. The molecule has 0 spiro atoms. The van der Waals surface area contributed by atoms with Crippen LogP contribution in [0.25, 0.3) is 11.1 Å². The standard InChI is InChI=1S/C22H13F2NS/c1-15-11-18(17-5-3-2-4-6-17)8-7-16(15)9-10-20-21(23)12-19(26-14-25)13-22(20)24/h2-8,11-13H,1H3. The van der Waals surface area contributed by atoms with Gasteiger partial charge in [0.2, 0.25) is 0 Å². The number of thiocyanates is 1. The zero-order valence-electron chi connectivity index (χ0n) is 13.9. The number of rotatable bonds is 2. The second-order valence-electron chi connectivity index (χ2n) is 5.60. The first-order valence-electron chi connectivity index (χ1n) is 7.81. The average molecular weight is 361 g/mol. The Hall–Kier alpha value is -3.08. The van der Waals surface area contributed by atoms with Crippen molar-refractivity contribution in [1.29, 1.82) is 5.26 Å². The van der Waals surface area contributed by atoms with Crippen LogP contribution in [0, 0.1) is 41.1 Å². The minimum Gasteiger partial charge on any atom is -0.205 e. The van der Waals surface area contributed by atoms with Gasteiger partial charge < -0.3 is 0 Å². The van der Waals surface area contributed by atoms with E-state index in [0.29, 0.717) is 17.3 Å². The van der Waals surface area contributed by atoms with Crippen molar-refractivity contribution in [3.05, 3.63) is 89.0 Å². The van der Waals surface area contributed by atoms with Crippen LogP contribution in [-0.2, 0) is 0 Å². The second kappa shape index (κ2) is 7.87. The highest BCUT2D eigenvalue weighted by Crippen LogP contribution is 2.24. The molecule has 0 unspecified atom stereocenters. The number of hydrogen-bond donors (Lipinski definition) is 0. The molecule has 0 radical (unpaired) electrons. The summed E-state index contributed by atoms with van der Waals surface area (Å²) in [6.45, 7) is 1.91. The summed E-state index contributed by atoms with van der Waals surface area (Å²) in [6.07, 6.45) is 0. The number of nitriles is 1. The quantitative estimate of drug-likeness (QED) is 0.322. The fourth-order valence-electron chi connectivity index (χ4n) is 2.52. The van der Waals surface area contributed by atoms with Crippen molar-refractivity contribution >= 4 is 11.8 Å². The van der Waals surface area contributed by atoms with E-state index in [1.165, 1.54) is 0 Å². The van der Waals surface area contributed by atoms with Crippen molar-refractivity contribution in [2.45, 2.75) is 11.8 Å². The van der Waals surface area contributed by atoms with Crippen LogP contribution >= 0.6 is 11.8 Å². The molecule has 0 bridgehead atoms. The van der Waals surface area contributed by atoms with Crippen LogP contribution in [0.5, 0.6) is 0 Å². The summed E-state index contributed by atoms with van der Waals surface area (Å²) >= 11 is 0.706. The van der Waals surface area contributed by atoms with Gasteiger partial charge in [-0.05, 0) is 53.6 Å². The number of benzene rings is 3. The van der Waals surface area contributed by atoms with Gasteiger partial charge in [-0.3, -0.25) is 0 Å². The molecule has 0 aliphatic carbocycles. The highest BCUT2D eigenvalue weighted by molar-refractivity contribution is 8.03. The van der Waals surface area contributed by atoms with Gasteiger partial charge in [-0.25, -0.2) is 8.78 Å². The highest BCUT2D eigenvalue weighted by atomic mass is 32.2. The Morgan fingerprint density at radius 1 is 0.846 bits per heavy atom. The molecule has 0 aromatic heterocycles. The van der Waals surface area contributed by atoms with Crippen LogP contribution in [0.2, 0.25) is 0 Å². The minimum atomic E-state index is -0.770. The van der Waals surface area contributed by atoms with Crippen molar-refractivity contribution < 1.29 is 8.78 Å². The fourth-order valence-corrected chi connectivity index (χ4v) is 2.96. The topological polar surface area (TPSA) is 23.8 Å². The summed E-state index contributed by atoms with van der Waals surface area (Å²) in [6, 6.07) is 18.0. The van der Waals surface area contributed by atoms with E-state index in [-0.39, 0.29) is 10.5 Å². The molecule has 1 nitrogen and oxygen atoms in total. The lowest BCUT2D eigenvalue weighted by atomic mass is 10.00. The lowest BCUT2D eigenvalue weighted by Gasteiger charge is -2.05. The van der Waals surface area contributed by atoms with Crippen molar-refractivity contribution in [3.8, 4) is 28.4 Å². The van der Waals surface area contributed by atoms with Gasteiger partial charge in [-0.2, -0.15) is 5.26 Å². The second-order valence-corrected chi connectivity index (χ2v) is 6.46. The van der Waals surface area contributed by atoms with Crippen molar-refractivity contribution in [3.63, 3.8) is 0 Å². The molecule has 0 heterocycles. The van der Waals surface area contributed by atoms with Crippen molar-refractivity contribution in [2.24, 2.45) is 0 Å². The van der Waals surface area contributed by atoms with E-state index in [9.17, 15) is 8.78 Å². The van der Waals surface area contributed by atoms with Crippen LogP contribution in [0.4, 0.5) is 8.78 Å². The third kappa shape index (κ3) is 3.94. The van der Waals surface area contributed by atoms with E-state index >= 15 is 0 Å². The predicted octanol–water partition coefficient (Wildman–Crippen LogP) is 5.91. The number of hydrogen-bond acceptors (Lipinski definition) is 2. The minimum absolute atomic E-state index is 0.219. The third-order valence-corrected chi connectivity index (χ3v) is 4.40. The molecule has 0 saturated carbocycles. The molecule has 3 aromatic rings. The van der Waals surface area contributed by atoms with Gasteiger partial charge in [0.15, 0.2) is 0 Å². The van der Waals surface area contributed by atoms with Crippen LogP contribution in [0.3, 0.4) is 0 Å². The lowest BCUT2D eigenvalue weighted by molar-refractivity contribution is 0.572. The molecule has 0 N–H and O–H groups in total. The van der Waals surface area contributed by atoms with Gasteiger partial charge in [0.05, 0.1) is 5.56 Å². The van der Waals surface area contributed by atoms with Gasteiger partial charge in [-0.1, -0.05) is 54.3 Å². The molecule has 0 amide bonds. The first-order chi connectivity index (χ1) is 12.6. The van der Waals surface area contributed by atoms with E-state index in [0.717, 1.165) is 28.8 Å². The van der Waals surface area contributed by atoms with Crippen LogP contribution < -0.4 is 0 Å². The summed E-state index contributed by atoms with van der Waals surface area (Å²) in [5, 5.41) is 10.4. The average Bonchev–Trinajstić information content (AvgIpc) is 2.63. The molecule has 4 heteroatoms. The smallest absolute Gasteiger partial charge is 0.142 e. The summed E-state index contributed by atoms with van der Waals surface area (Å²) in [5.74, 6) is 3.87. The molecule has 0 saturated heterocycles. The van der Waals surface area contributed by atoms with Crippen LogP contribution in [0.15, 0.2) is 65.6 Å². The number of aryl methyl sites for hydroxylation is 1. The van der Waals surface area contributed by atoms with Crippen LogP contribution in [-0.4, -0.2) is 0 Å². The maximum atomic E-state index is 14.1. The van der Waals surface area contributed by atoms with Gasteiger partial charge in [-0.15, -0.1) is 0 Å². The normalized spacial score (nSPS) is 9.92. The predicted molar refractivity (Wildman–Crippen MR) is 100 cm³/mol. The lowest BCUT2D eigenvalue weighted by Crippen LogP contribution is -1.92. The van der Waals surface area contributed by atoms with E-state index < -0.39 is 11.6 Å². The van der Waals surface area contributed by atoms with Crippen molar-refractivity contribution in [2.75, 3.05) is 0 Å². The molecule has 3 rings (SSSR count). The maximum Gasteiger partial charge on any atom is 0.142 e. The molecular formula is C22H13F2NS. The number of nitrogens with zero attached hydrogens (tertiary/aromatic N) is 1. The fraction of sp³-hybridized carbons (Fsp3) is 0.0455. The Morgan fingerprint density at radius 2 is 1.54 bits per heavy atom. The highest BCUT2D eigenvalue weighted by Gasteiger charge is 2.10. The summed E-state index contributed by atoms with van der Waals surface area (Å²) in [5.41, 5.74) is 3.50. The van der Waals surface area contributed by atoms with Gasteiger partial charge >= 0.3 is 0 Å².